The Morgan fingerprint density at radius 2 is 2.03 bits per heavy atom. The summed E-state index contributed by atoms with van der Waals surface area (Å²) in [5.41, 5.74) is 3.16. The zero-order chi connectivity index (χ0) is 21.3. The molecule has 2 aromatic carbocycles. The van der Waals surface area contributed by atoms with Crippen molar-refractivity contribution in [2.75, 3.05) is 11.1 Å². The first-order valence-electron chi connectivity index (χ1n) is 9.83. The number of aryl methyl sites for hydroxylation is 2. The van der Waals surface area contributed by atoms with Gasteiger partial charge in [-0.25, -0.2) is 0 Å². The number of nitrogens with one attached hydrogen (secondary N) is 1. The molecule has 0 saturated carbocycles. The SMILES string of the molecule is C=CCn1c(COc2cccc(C)c2)nnc1SCC(=O)Nc1ccc(CC)cc1. The van der Waals surface area contributed by atoms with Gasteiger partial charge in [-0.05, 0) is 48.7 Å². The lowest BCUT2D eigenvalue weighted by molar-refractivity contribution is -0.113. The number of carbonyl (C=O) groups excluding carboxylic acids is 1. The molecule has 1 N–H and O–H groups in total. The molecule has 0 bridgehead atoms. The van der Waals surface area contributed by atoms with Gasteiger partial charge in [-0.15, -0.1) is 16.8 Å². The third-order valence-electron chi connectivity index (χ3n) is 4.44. The number of anilines is 1. The Balaban J connectivity index is 1.59. The highest BCUT2D eigenvalue weighted by Gasteiger charge is 2.14. The van der Waals surface area contributed by atoms with E-state index in [0.29, 0.717) is 24.1 Å². The van der Waals surface area contributed by atoms with Crippen LogP contribution in [0, 0.1) is 6.92 Å². The monoisotopic (exact) mass is 422 g/mol. The van der Waals surface area contributed by atoms with Crippen LogP contribution in [-0.2, 0) is 24.4 Å². The molecule has 3 rings (SSSR count). The van der Waals surface area contributed by atoms with Crippen molar-refractivity contribution in [2.24, 2.45) is 0 Å². The molecule has 0 saturated heterocycles. The van der Waals surface area contributed by atoms with Crippen LogP contribution in [0.5, 0.6) is 5.75 Å². The number of nitrogens with zero attached hydrogens (tertiary/aromatic N) is 3. The van der Waals surface area contributed by atoms with E-state index in [-0.39, 0.29) is 11.7 Å². The molecule has 1 heterocycles. The third-order valence-corrected chi connectivity index (χ3v) is 5.41. The maximum absolute atomic E-state index is 12.3. The molecule has 0 aliphatic carbocycles. The van der Waals surface area contributed by atoms with E-state index in [1.807, 2.05) is 60.0 Å². The lowest BCUT2D eigenvalue weighted by Gasteiger charge is -2.10. The van der Waals surface area contributed by atoms with Crippen molar-refractivity contribution in [1.29, 1.82) is 0 Å². The number of amides is 1. The molecule has 0 atom stereocenters. The van der Waals surface area contributed by atoms with Gasteiger partial charge >= 0.3 is 0 Å². The van der Waals surface area contributed by atoms with Gasteiger partial charge in [-0.3, -0.25) is 9.36 Å². The normalized spacial score (nSPS) is 10.6. The van der Waals surface area contributed by atoms with Crippen molar-refractivity contribution in [3.8, 4) is 5.75 Å². The first kappa shape index (κ1) is 21.6. The van der Waals surface area contributed by atoms with Gasteiger partial charge in [0, 0.05) is 12.2 Å². The minimum atomic E-state index is -0.0880. The Morgan fingerprint density at radius 3 is 2.73 bits per heavy atom. The van der Waals surface area contributed by atoms with E-state index < -0.39 is 0 Å². The number of hydrogen-bond acceptors (Lipinski definition) is 5. The Kier molecular flexibility index (Phi) is 7.68. The predicted molar refractivity (Wildman–Crippen MR) is 121 cm³/mol. The van der Waals surface area contributed by atoms with Gasteiger partial charge in [0.1, 0.15) is 12.4 Å². The molecule has 0 aliphatic heterocycles. The lowest BCUT2D eigenvalue weighted by atomic mass is 10.1. The van der Waals surface area contributed by atoms with Crippen LogP contribution in [0.3, 0.4) is 0 Å². The average Bonchev–Trinajstić information content (AvgIpc) is 3.13. The molecule has 3 aromatic rings. The fraction of sp³-hybridized carbons (Fsp3) is 0.261. The van der Waals surface area contributed by atoms with E-state index in [1.54, 1.807) is 6.08 Å². The Morgan fingerprint density at radius 1 is 1.23 bits per heavy atom. The molecule has 7 heteroatoms. The topological polar surface area (TPSA) is 69.0 Å². The van der Waals surface area contributed by atoms with Gasteiger partial charge in [0.2, 0.25) is 5.91 Å². The Labute approximate surface area is 181 Å². The van der Waals surface area contributed by atoms with Crippen molar-refractivity contribution >= 4 is 23.4 Å². The quantitative estimate of drug-likeness (QED) is 0.381. The number of benzene rings is 2. The van der Waals surface area contributed by atoms with Crippen LogP contribution in [0.15, 0.2) is 66.3 Å². The third kappa shape index (κ3) is 5.97. The van der Waals surface area contributed by atoms with Crippen LogP contribution in [-0.4, -0.2) is 26.4 Å². The summed E-state index contributed by atoms with van der Waals surface area (Å²) in [5, 5.41) is 12.0. The summed E-state index contributed by atoms with van der Waals surface area (Å²) in [5.74, 6) is 1.62. The first-order valence-corrected chi connectivity index (χ1v) is 10.8. The van der Waals surface area contributed by atoms with E-state index in [9.17, 15) is 4.79 Å². The van der Waals surface area contributed by atoms with Crippen molar-refractivity contribution in [3.63, 3.8) is 0 Å². The highest BCUT2D eigenvalue weighted by Crippen LogP contribution is 2.20. The second kappa shape index (κ2) is 10.6. The van der Waals surface area contributed by atoms with Crippen LogP contribution in [0.4, 0.5) is 5.69 Å². The molecular formula is C23H26N4O2S. The minimum Gasteiger partial charge on any atom is -0.486 e. The smallest absolute Gasteiger partial charge is 0.234 e. The minimum absolute atomic E-state index is 0.0880. The number of allylic oxidation sites excluding steroid dienone is 1. The number of rotatable bonds is 10. The molecule has 30 heavy (non-hydrogen) atoms. The van der Waals surface area contributed by atoms with E-state index in [0.717, 1.165) is 23.4 Å². The summed E-state index contributed by atoms with van der Waals surface area (Å²) in [6.07, 6.45) is 2.75. The molecule has 0 unspecified atom stereocenters. The highest BCUT2D eigenvalue weighted by atomic mass is 32.2. The van der Waals surface area contributed by atoms with Crippen LogP contribution in [0.25, 0.3) is 0 Å². The molecule has 156 valence electrons. The summed E-state index contributed by atoms with van der Waals surface area (Å²) in [6, 6.07) is 15.7. The molecule has 0 fully saturated rings. The summed E-state index contributed by atoms with van der Waals surface area (Å²) in [6.45, 7) is 8.76. The molecule has 0 aliphatic rings. The van der Waals surface area contributed by atoms with Crippen molar-refractivity contribution in [3.05, 3.63) is 78.1 Å². The van der Waals surface area contributed by atoms with E-state index >= 15 is 0 Å². The predicted octanol–water partition coefficient (Wildman–Crippen LogP) is 4.64. The van der Waals surface area contributed by atoms with Gasteiger partial charge in [0.05, 0.1) is 5.75 Å². The van der Waals surface area contributed by atoms with Crippen LogP contribution >= 0.6 is 11.8 Å². The first-order chi connectivity index (χ1) is 14.6. The van der Waals surface area contributed by atoms with Crippen molar-refractivity contribution in [2.45, 2.75) is 38.6 Å². The second-order valence-corrected chi connectivity index (χ2v) is 7.73. The lowest BCUT2D eigenvalue weighted by Crippen LogP contribution is -2.15. The van der Waals surface area contributed by atoms with E-state index in [1.165, 1.54) is 17.3 Å². The Bertz CT molecular complexity index is 999. The zero-order valence-electron chi connectivity index (χ0n) is 17.3. The number of thioether (sulfide) groups is 1. The number of ether oxygens (including phenoxy) is 1. The molecule has 0 radical (unpaired) electrons. The maximum Gasteiger partial charge on any atom is 0.234 e. The summed E-state index contributed by atoms with van der Waals surface area (Å²) >= 11 is 1.34. The highest BCUT2D eigenvalue weighted by molar-refractivity contribution is 7.99. The van der Waals surface area contributed by atoms with Crippen LogP contribution in [0.1, 0.15) is 23.9 Å². The summed E-state index contributed by atoms with van der Waals surface area (Å²) in [4.78, 5) is 12.3. The zero-order valence-corrected chi connectivity index (χ0v) is 18.1. The molecule has 1 amide bonds. The van der Waals surface area contributed by atoms with E-state index in [4.69, 9.17) is 4.74 Å². The standard InChI is InChI=1S/C23H26N4O2S/c1-4-13-27-21(15-29-20-8-6-7-17(3)14-20)25-26-23(27)30-16-22(28)24-19-11-9-18(5-2)10-12-19/h4,6-12,14H,1,5,13,15-16H2,2-3H3,(H,24,28). The fourth-order valence-corrected chi connectivity index (χ4v) is 3.62. The maximum atomic E-state index is 12.3. The summed E-state index contributed by atoms with van der Waals surface area (Å²) < 4.78 is 7.76. The number of carbonyl (C=O) groups is 1. The largest absolute Gasteiger partial charge is 0.486 e. The average molecular weight is 423 g/mol. The fourth-order valence-electron chi connectivity index (χ4n) is 2.85. The number of aromatic nitrogens is 3. The molecule has 0 spiro atoms. The van der Waals surface area contributed by atoms with Crippen molar-refractivity contribution in [1.82, 2.24) is 14.8 Å². The van der Waals surface area contributed by atoms with Gasteiger partial charge in [0.15, 0.2) is 11.0 Å². The van der Waals surface area contributed by atoms with Gasteiger partial charge < -0.3 is 10.1 Å². The van der Waals surface area contributed by atoms with Crippen LogP contribution < -0.4 is 10.1 Å². The van der Waals surface area contributed by atoms with Gasteiger partial charge in [-0.1, -0.05) is 49.0 Å². The van der Waals surface area contributed by atoms with Gasteiger partial charge in [0.25, 0.3) is 0 Å². The second-order valence-electron chi connectivity index (χ2n) is 6.79. The molecule has 6 nitrogen and oxygen atoms in total. The molecule has 1 aromatic heterocycles. The van der Waals surface area contributed by atoms with Gasteiger partial charge in [-0.2, -0.15) is 0 Å². The number of hydrogen-bond donors (Lipinski definition) is 1. The molecular weight excluding hydrogens is 396 g/mol. The van der Waals surface area contributed by atoms with Crippen LogP contribution in [0.2, 0.25) is 0 Å². The van der Waals surface area contributed by atoms with E-state index in [2.05, 4.69) is 29.0 Å². The Hall–Kier alpha value is -3.06. The van der Waals surface area contributed by atoms with Crippen molar-refractivity contribution < 1.29 is 9.53 Å². The summed E-state index contributed by atoms with van der Waals surface area (Å²) in [7, 11) is 0.